The molecule has 2 aromatic heterocycles. The van der Waals surface area contributed by atoms with E-state index in [1.54, 1.807) is 12.1 Å². The molecule has 0 amide bonds. The quantitative estimate of drug-likeness (QED) is 0.371. The lowest BCUT2D eigenvalue weighted by molar-refractivity contribution is 0.0691. The molecule has 0 radical (unpaired) electrons. The van der Waals surface area contributed by atoms with Crippen LogP contribution in [0.4, 0.5) is 23.4 Å². The summed E-state index contributed by atoms with van der Waals surface area (Å²) in [5, 5.41) is 9.33. The smallest absolute Gasteiger partial charge is 0.358 e. The number of carboxylic acids is 1. The number of nitrogens with two attached hydrogens (primary N) is 2. The molecule has 3 aromatic rings. The molecule has 0 spiro atoms. The van der Waals surface area contributed by atoms with Crippen LogP contribution in [-0.2, 0) is 0 Å². The first-order chi connectivity index (χ1) is 13.3. The van der Waals surface area contributed by atoms with Gasteiger partial charge in [-0.05, 0) is 6.07 Å². The zero-order chi connectivity index (χ0) is 20.4. The van der Waals surface area contributed by atoms with E-state index in [-0.39, 0.29) is 28.6 Å². The topological polar surface area (TPSA) is 183 Å². The van der Waals surface area contributed by atoms with E-state index in [9.17, 15) is 4.79 Å². The van der Waals surface area contributed by atoms with Crippen LogP contribution in [0, 0.1) is 0 Å². The molecular formula is C15H15ClN8O4. The Bertz CT molecular complexity index is 1080. The molecule has 0 aliphatic carbocycles. The summed E-state index contributed by atoms with van der Waals surface area (Å²) in [5.41, 5.74) is 16.9. The van der Waals surface area contributed by atoms with Gasteiger partial charge in [0.1, 0.15) is 5.82 Å². The summed E-state index contributed by atoms with van der Waals surface area (Å²) in [5.74, 6) is -0.431. The van der Waals surface area contributed by atoms with Crippen molar-refractivity contribution in [3.05, 3.63) is 23.0 Å². The number of nitrogens with one attached hydrogen (secondary N) is 2. The van der Waals surface area contributed by atoms with Crippen molar-refractivity contribution < 1.29 is 19.4 Å². The molecule has 1 aromatic carbocycles. The van der Waals surface area contributed by atoms with Gasteiger partial charge in [0, 0.05) is 11.5 Å². The van der Waals surface area contributed by atoms with Crippen molar-refractivity contribution in [2.45, 2.75) is 0 Å². The number of benzene rings is 1. The molecule has 146 valence electrons. The number of aromatic carboxylic acids is 1. The minimum atomic E-state index is -1.35. The Morgan fingerprint density at radius 2 is 1.71 bits per heavy atom. The van der Waals surface area contributed by atoms with Crippen LogP contribution in [0.25, 0.3) is 10.9 Å². The number of halogens is 1. The van der Waals surface area contributed by atoms with E-state index in [4.69, 9.17) is 37.6 Å². The normalized spacial score (nSPS) is 10.5. The summed E-state index contributed by atoms with van der Waals surface area (Å²) >= 11 is 5.92. The Morgan fingerprint density at radius 3 is 2.36 bits per heavy atom. The van der Waals surface area contributed by atoms with E-state index >= 15 is 0 Å². The molecule has 0 aliphatic rings. The minimum Gasteiger partial charge on any atom is -0.493 e. The molecule has 28 heavy (non-hydrogen) atoms. The van der Waals surface area contributed by atoms with Gasteiger partial charge >= 0.3 is 5.97 Å². The number of nitrogen functional groups attached to an aromatic ring is 2. The highest BCUT2D eigenvalue weighted by Gasteiger charge is 2.16. The van der Waals surface area contributed by atoms with E-state index in [1.807, 2.05) is 0 Å². The van der Waals surface area contributed by atoms with Gasteiger partial charge in [-0.3, -0.25) is 10.9 Å². The van der Waals surface area contributed by atoms with Gasteiger partial charge in [0.15, 0.2) is 34.0 Å². The number of nitrogens with zero attached hydrogens (tertiary/aromatic N) is 4. The summed E-state index contributed by atoms with van der Waals surface area (Å²) in [7, 11) is 3.01. The number of carbonyl (C=O) groups is 1. The molecule has 0 aliphatic heterocycles. The number of ether oxygens (including phenoxy) is 2. The average Bonchev–Trinajstić information content (AvgIpc) is 2.67. The van der Waals surface area contributed by atoms with Crippen LogP contribution in [0.1, 0.15) is 10.5 Å². The van der Waals surface area contributed by atoms with Gasteiger partial charge in [-0.1, -0.05) is 11.6 Å². The third-order valence-electron chi connectivity index (χ3n) is 3.61. The molecule has 7 N–H and O–H groups in total. The first-order valence-corrected chi connectivity index (χ1v) is 7.99. The summed E-state index contributed by atoms with van der Waals surface area (Å²) in [4.78, 5) is 27.0. The SMILES string of the molecule is COc1cc2nc(NNc3nc(N)c(C(=O)O)nc3Cl)nc(N)c2cc1OC. The molecule has 2 heterocycles. The van der Waals surface area contributed by atoms with E-state index in [0.29, 0.717) is 22.4 Å². The Balaban J connectivity index is 1.91. The van der Waals surface area contributed by atoms with Gasteiger partial charge in [-0.15, -0.1) is 0 Å². The maximum absolute atomic E-state index is 11.0. The van der Waals surface area contributed by atoms with E-state index in [0.717, 1.165) is 0 Å². The van der Waals surface area contributed by atoms with Crippen molar-refractivity contribution in [3.8, 4) is 11.5 Å². The second-order valence-corrected chi connectivity index (χ2v) is 5.67. The average molecular weight is 407 g/mol. The molecule has 0 saturated carbocycles. The van der Waals surface area contributed by atoms with Gasteiger partial charge in [-0.2, -0.15) is 4.98 Å². The van der Waals surface area contributed by atoms with Gasteiger partial charge in [0.25, 0.3) is 0 Å². The molecule has 0 atom stereocenters. The van der Waals surface area contributed by atoms with Crippen molar-refractivity contribution in [1.29, 1.82) is 0 Å². The molecule has 0 saturated heterocycles. The van der Waals surface area contributed by atoms with E-state index in [1.165, 1.54) is 14.2 Å². The van der Waals surface area contributed by atoms with E-state index in [2.05, 4.69) is 30.8 Å². The zero-order valence-corrected chi connectivity index (χ0v) is 15.4. The Labute approximate surface area is 162 Å². The summed E-state index contributed by atoms with van der Waals surface area (Å²) in [6.07, 6.45) is 0. The van der Waals surface area contributed by atoms with Gasteiger partial charge in [0.05, 0.1) is 19.7 Å². The van der Waals surface area contributed by atoms with E-state index < -0.39 is 11.7 Å². The fourth-order valence-electron chi connectivity index (χ4n) is 2.32. The number of anilines is 4. The molecule has 0 unspecified atom stereocenters. The maximum atomic E-state index is 11.0. The number of carboxylic acid groups (broad SMARTS) is 1. The van der Waals surface area contributed by atoms with Gasteiger partial charge < -0.3 is 26.0 Å². The number of methoxy groups -OCH3 is 2. The Hall–Kier alpha value is -3.80. The van der Waals surface area contributed by atoms with Crippen molar-refractivity contribution >= 4 is 51.9 Å². The molecule has 12 nitrogen and oxygen atoms in total. The second-order valence-electron chi connectivity index (χ2n) is 5.31. The van der Waals surface area contributed by atoms with Crippen LogP contribution in [0.2, 0.25) is 5.15 Å². The van der Waals surface area contributed by atoms with Crippen LogP contribution < -0.4 is 31.8 Å². The number of aromatic nitrogens is 4. The standard InChI is InChI=1S/C15H15ClN8O4/c1-27-7-3-5-6(4-8(7)28-2)19-15(22-11(5)17)24-23-13-10(16)20-9(14(25)26)12(18)21-13/h3-4H,1-2H3,(H,25,26)(H3,18,21,23)(H3,17,19,22,24). The third kappa shape index (κ3) is 3.53. The van der Waals surface area contributed by atoms with Crippen LogP contribution in [0.15, 0.2) is 12.1 Å². The number of rotatable bonds is 6. The van der Waals surface area contributed by atoms with Crippen molar-refractivity contribution in [1.82, 2.24) is 19.9 Å². The highest BCUT2D eigenvalue weighted by Crippen LogP contribution is 2.33. The first kappa shape index (κ1) is 19.0. The maximum Gasteiger partial charge on any atom is 0.358 e. The Kier molecular flexibility index (Phi) is 5.04. The lowest BCUT2D eigenvalue weighted by Gasteiger charge is -2.13. The number of fused-ring (bicyclic) bond motifs is 1. The van der Waals surface area contributed by atoms with Crippen LogP contribution in [0.5, 0.6) is 11.5 Å². The lowest BCUT2D eigenvalue weighted by atomic mass is 10.2. The van der Waals surface area contributed by atoms with Crippen molar-refractivity contribution in [2.24, 2.45) is 0 Å². The summed E-state index contributed by atoms with van der Waals surface area (Å²) in [6, 6.07) is 3.30. The van der Waals surface area contributed by atoms with Crippen molar-refractivity contribution in [2.75, 3.05) is 36.5 Å². The zero-order valence-electron chi connectivity index (χ0n) is 14.6. The molecule has 3 rings (SSSR count). The van der Waals surface area contributed by atoms with Crippen molar-refractivity contribution in [3.63, 3.8) is 0 Å². The minimum absolute atomic E-state index is 0.0150. The number of hydrogen-bond acceptors (Lipinski definition) is 11. The lowest BCUT2D eigenvalue weighted by Crippen LogP contribution is -2.17. The second kappa shape index (κ2) is 7.44. The molecule has 13 heteroatoms. The Morgan fingerprint density at radius 1 is 1.04 bits per heavy atom. The van der Waals surface area contributed by atoms with Crippen LogP contribution >= 0.6 is 11.6 Å². The molecule has 0 fully saturated rings. The predicted octanol–water partition coefficient (Wildman–Crippen LogP) is 1.39. The fourth-order valence-corrected chi connectivity index (χ4v) is 2.49. The number of hydrogen-bond donors (Lipinski definition) is 5. The first-order valence-electron chi connectivity index (χ1n) is 7.61. The van der Waals surface area contributed by atoms with Gasteiger partial charge in [-0.25, -0.2) is 19.7 Å². The predicted molar refractivity (Wildman–Crippen MR) is 103 cm³/mol. The summed E-state index contributed by atoms with van der Waals surface area (Å²) in [6.45, 7) is 0. The van der Waals surface area contributed by atoms with Crippen LogP contribution in [-0.4, -0.2) is 45.2 Å². The third-order valence-corrected chi connectivity index (χ3v) is 3.87. The van der Waals surface area contributed by atoms with Gasteiger partial charge in [0.2, 0.25) is 5.95 Å². The van der Waals surface area contributed by atoms with Crippen LogP contribution in [0.3, 0.4) is 0 Å². The molecular weight excluding hydrogens is 392 g/mol. The fraction of sp³-hybridized carbons (Fsp3) is 0.133. The summed E-state index contributed by atoms with van der Waals surface area (Å²) < 4.78 is 10.5. The number of hydrazine groups is 1. The monoisotopic (exact) mass is 406 g/mol. The highest BCUT2D eigenvalue weighted by molar-refractivity contribution is 6.32. The largest absolute Gasteiger partial charge is 0.493 e. The molecule has 0 bridgehead atoms. The highest BCUT2D eigenvalue weighted by atomic mass is 35.5.